The van der Waals surface area contributed by atoms with E-state index in [2.05, 4.69) is 15.6 Å². The maximum atomic E-state index is 11.7. The van der Waals surface area contributed by atoms with Crippen LogP contribution in [0.2, 0.25) is 0 Å². The van der Waals surface area contributed by atoms with Gasteiger partial charge in [0.25, 0.3) is 0 Å². The van der Waals surface area contributed by atoms with Crippen molar-refractivity contribution in [2.45, 2.75) is 39.2 Å². The van der Waals surface area contributed by atoms with E-state index in [4.69, 9.17) is 0 Å². The summed E-state index contributed by atoms with van der Waals surface area (Å²) in [7, 11) is 0. The molecule has 1 amide bonds. The van der Waals surface area contributed by atoms with E-state index in [9.17, 15) is 4.79 Å². The summed E-state index contributed by atoms with van der Waals surface area (Å²) in [6.07, 6.45) is 4.10. The van der Waals surface area contributed by atoms with Gasteiger partial charge in [0, 0.05) is 11.3 Å². The summed E-state index contributed by atoms with van der Waals surface area (Å²) in [6.45, 7) is 4.81. The van der Waals surface area contributed by atoms with E-state index in [0.717, 1.165) is 36.0 Å². The number of carbonyl (C=O) groups excluding carboxylic acids is 1. The SMILES string of the molecule is Cc1ncsc1CNC(=O)CCC1CCNCC1.Cl.Cl. The van der Waals surface area contributed by atoms with Gasteiger partial charge in [-0.15, -0.1) is 36.2 Å². The molecule has 2 heterocycles. The van der Waals surface area contributed by atoms with Crippen molar-refractivity contribution in [1.82, 2.24) is 15.6 Å². The maximum Gasteiger partial charge on any atom is 0.220 e. The highest BCUT2D eigenvalue weighted by molar-refractivity contribution is 7.09. The Morgan fingerprint density at radius 3 is 2.75 bits per heavy atom. The molecule has 4 nitrogen and oxygen atoms in total. The summed E-state index contributed by atoms with van der Waals surface area (Å²) in [5.74, 6) is 0.892. The number of aryl methyl sites for hydroxylation is 1. The highest BCUT2D eigenvalue weighted by Gasteiger charge is 2.14. The molecule has 0 atom stereocenters. The third kappa shape index (κ3) is 6.39. The Labute approximate surface area is 137 Å². The Bertz CT molecular complexity index is 395. The molecule has 0 saturated carbocycles. The zero-order valence-electron chi connectivity index (χ0n) is 11.7. The number of nitrogens with zero attached hydrogens (tertiary/aromatic N) is 1. The van der Waals surface area contributed by atoms with Gasteiger partial charge in [-0.3, -0.25) is 4.79 Å². The van der Waals surface area contributed by atoms with Crippen LogP contribution in [0.1, 0.15) is 36.3 Å². The summed E-state index contributed by atoms with van der Waals surface area (Å²) in [5, 5.41) is 6.33. The molecule has 7 heteroatoms. The molecule has 0 spiro atoms. The predicted octanol–water partition coefficient (Wildman–Crippen LogP) is 2.69. The fourth-order valence-corrected chi connectivity index (χ4v) is 2.99. The molecule has 2 rings (SSSR count). The van der Waals surface area contributed by atoms with E-state index in [0.29, 0.717) is 13.0 Å². The van der Waals surface area contributed by atoms with Crippen LogP contribution >= 0.6 is 36.2 Å². The Balaban J connectivity index is 0.00000180. The molecule has 20 heavy (non-hydrogen) atoms. The van der Waals surface area contributed by atoms with E-state index in [1.807, 2.05) is 12.4 Å². The van der Waals surface area contributed by atoms with Gasteiger partial charge in [0.05, 0.1) is 17.7 Å². The summed E-state index contributed by atoms with van der Waals surface area (Å²) in [5.41, 5.74) is 2.85. The number of hydrogen-bond donors (Lipinski definition) is 2. The average Bonchev–Trinajstić information content (AvgIpc) is 2.81. The topological polar surface area (TPSA) is 54.0 Å². The van der Waals surface area contributed by atoms with E-state index in [-0.39, 0.29) is 30.7 Å². The number of hydrogen-bond acceptors (Lipinski definition) is 4. The highest BCUT2D eigenvalue weighted by atomic mass is 35.5. The predicted molar refractivity (Wildman–Crippen MR) is 88.0 cm³/mol. The third-order valence-corrected chi connectivity index (χ3v) is 4.46. The first-order chi connectivity index (χ1) is 8.75. The second-order valence-corrected chi connectivity index (χ2v) is 5.81. The molecule has 1 aromatic heterocycles. The molecule has 116 valence electrons. The van der Waals surface area contributed by atoms with E-state index >= 15 is 0 Å². The Morgan fingerprint density at radius 1 is 1.45 bits per heavy atom. The van der Waals surface area contributed by atoms with Crippen LogP contribution in [0.15, 0.2) is 5.51 Å². The minimum absolute atomic E-state index is 0. The van der Waals surface area contributed by atoms with Gasteiger partial charge in [0.2, 0.25) is 5.91 Å². The molecule has 0 unspecified atom stereocenters. The largest absolute Gasteiger partial charge is 0.351 e. The van der Waals surface area contributed by atoms with Crippen molar-refractivity contribution >= 4 is 42.1 Å². The number of nitrogens with one attached hydrogen (secondary N) is 2. The molecule has 1 aliphatic rings. The van der Waals surface area contributed by atoms with Gasteiger partial charge in [-0.05, 0) is 45.2 Å². The van der Waals surface area contributed by atoms with Crippen LogP contribution < -0.4 is 10.6 Å². The lowest BCUT2D eigenvalue weighted by Crippen LogP contribution is -2.29. The molecular weight excluding hydrogens is 317 g/mol. The molecular formula is C13H23Cl2N3OS. The molecule has 0 aliphatic carbocycles. The van der Waals surface area contributed by atoms with Crippen molar-refractivity contribution in [3.05, 3.63) is 16.1 Å². The van der Waals surface area contributed by atoms with Crippen molar-refractivity contribution in [2.75, 3.05) is 13.1 Å². The number of amides is 1. The van der Waals surface area contributed by atoms with Crippen LogP contribution in [0.25, 0.3) is 0 Å². The van der Waals surface area contributed by atoms with Gasteiger partial charge in [0.15, 0.2) is 0 Å². The monoisotopic (exact) mass is 339 g/mol. The molecule has 0 aromatic carbocycles. The van der Waals surface area contributed by atoms with Crippen molar-refractivity contribution in [2.24, 2.45) is 5.92 Å². The number of carbonyl (C=O) groups is 1. The van der Waals surface area contributed by atoms with Gasteiger partial charge >= 0.3 is 0 Å². The first-order valence-electron chi connectivity index (χ1n) is 6.62. The molecule has 1 fully saturated rings. The quantitative estimate of drug-likeness (QED) is 0.867. The zero-order chi connectivity index (χ0) is 12.8. The molecule has 0 bridgehead atoms. The molecule has 0 radical (unpaired) electrons. The van der Waals surface area contributed by atoms with Crippen molar-refractivity contribution in [3.63, 3.8) is 0 Å². The second-order valence-electron chi connectivity index (χ2n) is 4.87. The number of halogens is 2. The smallest absolute Gasteiger partial charge is 0.220 e. The standard InChI is InChI=1S/C13H21N3OS.2ClH/c1-10-12(18-9-16-10)8-15-13(17)3-2-11-4-6-14-7-5-11;;/h9,11,14H,2-8H2,1H3,(H,15,17);2*1H. The van der Waals surface area contributed by atoms with Gasteiger partial charge in [-0.2, -0.15) is 0 Å². The van der Waals surface area contributed by atoms with Crippen LogP contribution in [0, 0.1) is 12.8 Å². The minimum atomic E-state index is 0. The first-order valence-corrected chi connectivity index (χ1v) is 7.50. The fourth-order valence-electron chi connectivity index (χ4n) is 2.27. The Morgan fingerprint density at radius 2 is 2.15 bits per heavy atom. The summed E-state index contributed by atoms with van der Waals surface area (Å²) in [4.78, 5) is 17.1. The lowest BCUT2D eigenvalue weighted by Gasteiger charge is -2.22. The average molecular weight is 340 g/mol. The van der Waals surface area contributed by atoms with E-state index in [1.54, 1.807) is 11.3 Å². The van der Waals surface area contributed by atoms with Crippen LogP contribution in [-0.2, 0) is 11.3 Å². The van der Waals surface area contributed by atoms with Gasteiger partial charge in [-0.1, -0.05) is 0 Å². The van der Waals surface area contributed by atoms with Crippen molar-refractivity contribution in [3.8, 4) is 0 Å². The minimum Gasteiger partial charge on any atom is -0.351 e. The number of piperidine rings is 1. The van der Waals surface area contributed by atoms with E-state index < -0.39 is 0 Å². The van der Waals surface area contributed by atoms with Crippen LogP contribution in [0.3, 0.4) is 0 Å². The molecule has 1 aromatic rings. The van der Waals surface area contributed by atoms with Crippen LogP contribution in [0.4, 0.5) is 0 Å². The summed E-state index contributed by atoms with van der Waals surface area (Å²) < 4.78 is 0. The van der Waals surface area contributed by atoms with Gasteiger partial charge in [-0.25, -0.2) is 4.98 Å². The van der Waals surface area contributed by atoms with Crippen LogP contribution in [-0.4, -0.2) is 24.0 Å². The summed E-state index contributed by atoms with van der Waals surface area (Å²) in [6, 6.07) is 0. The van der Waals surface area contributed by atoms with Crippen molar-refractivity contribution < 1.29 is 4.79 Å². The molecule has 1 aliphatic heterocycles. The second kappa shape index (κ2) is 10.4. The van der Waals surface area contributed by atoms with Crippen molar-refractivity contribution in [1.29, 1.82) is 0 Å². The fraction of sp³-hybridized carbons (Fsp3) is 0.692. The van der Waals surface area contributed by atoms with Gasteiger partial charge in [0.1, 0.15) is 0 Å². The Hall–Kier alpha value is -0.360. The number of thiazole rings is 1. The lowest BCUT2D eigenvalue weighted by atomic mass is 9.93. The third-order valence-electron chi connectivity index (χ3n) is 3.53. The number of aromatic nitrogens is 1. The first kappa shape index (κ1) is 19.6. The molecule has 1 saturated heterocycles. The molecule has 2 N–H and O–H groups in total. The number of rotatable bonds is 5. The van der Waals surface area contributed by atoms with Gasteiger partial charge < -0.3 is 10.6 Å². The van der Waals surface area contributed by atoms with Crippen LogP contribution in [0.5, 0.6) is 0 Å². The highest BCUT2D eigenvalue weighted by Crippen LogP contribution is 2.17. The zero-order valence-corrected chi connectivity index (χ0v) is 14.1. The lowest BCUT2D eigenvalue weighted by molar-refractivity contribution is -0.121. The maximum absolute atomic E-state index is 11.7. The van der Waals surface area contributed by atoms with E-state index in [1.165, 1.54) is 12.8 Å². The normalized spacial score (nSPS) is 15.1. The Kier molecular flexibility index (Phi) is 10.2. The summed E-state index contributed by atoms with van der Waals surface area (Å²) >= 11 is 1.60.